The molecule has 33 heavy (non-hydrogen) atoms. The lowest BCUT2D eigenvalue weighted by Crippen LogP contribution is -2.14. The number of carbonyl (C=O) groups is 2. The van der Waals surface area contributed by atoms with Crippen molar-refractivity contribution in [3.63, 3.8) is 0 Å². The minimum atomic E-state index is -0.980. The van der Waals surface area contributed by atoms with E-state index >= 15 is 0 Å². The Morgan fingerprint density at radius 1 is 1.12 bits per heavy atom. The number of halogens is 1. The van der Waals surface area contributed by atoms with Crippen LogP contribution in [0, 0.1) is 0 Å². The molecule has 0 spiro atoms. The number of hydrogen-bond acceptors (Lipinski definition) is 6. The Morgan fingerprint density at radius 3 is 2.64 bits per heavy atom. The Morgan fingerprint density at radius 2 is 1.94 bits per heavy atom. The van der Waals surface area contributed by atoms with Crippen molar-refractivity contribution in [3.05, 3.63) is 71.1 Å². The van der Waals surface area contributed by atoms with Crippen LogP contribution >= 0.6 is 11.6 Å². The molecule has 0 unspecified atom stereocenters. The molecule has 3 aromatic rings. The first-order valence-corrected chi connectivity index (χ1v) is 10.8. The first kappa shape index (κ1) is 24.2. The van der Waals surface area contributed by atoms with Crippen molar-refractivity contribution in [1.29, 1.82) is 0 Å². The summed E-state index contributed by atoms with van der Waals surface area (Å²) < 4.78 is 4.64. The average Bonchev–Trinajstić information content (AvgIpc) is 2.83. The number of amides is 2. The zero-order valence-electron chi connectivity index (χ0n) is 18.3. The largest absolute Gasteiger partial charge is 0.453 e. The van der Waals surface area contributed by atoms with Gasteiger partial charge in [-0.1, -0.05) is 24.9 Å². The highest BCUT2D eigenvalue weighted by Crippen LogP contribution is 2.32. The number of benzene rings is 1. The quantitative estimate of drug-likeness (QED) is 0.419. The van der Waals surface area contributed by atoms with Gasteiger partial charge in [-0.15, -0.1) is 0 Å². The number of pyridine rings is 2. The fourth-order valence-corrected chi connectivity index (χ4v) is 3.26. The number of hydrogen-bond donors (Lipinski definition) is 3. The van der Waals surface area contributed by atoms with Crippen LogP contribution in [0.25, 0.3) is 11.3 Å². The molecular formula is C24H25ClN4O4. The van der Waals surface area contributed by atoms with Crippen LogP contribution in [0.4, 0.5) is 16.2 Å². The van der Waals surface area contributed by atoms with Crippen LogP contribution in [-0.2, 0) is 9.53 Å². The minimum Gasteiger partial charge on any atom is -0.453 e. The third-order valence-electron chi connectivity index (χ3n) is 4.89. The van der Waals surface area contributed by atoms with Crippen LogP contribution in [0.5, 0.6) is 0 Å². The predicted octanol–water partition coefficient (Wildman–Crippen LogP) is 5.19. The zero-order chi connectivity index (χ0) is 23.8. The van der Waals surface area contributed by atoms with Crippen molar-refractivity contribution < 1.29 is 19.4 Å². The van der Waals surface area contributed by atoms with Crippen molar-refractivity contribution >= 4 is 35.0 Å². The Bertz CT molecular complexity index is 1120. The number of ether oxygens (including phenoxy) is 1. The van der Waals surface area contributed by atoms with E-state index in [1.165, 1.54) is 13.3 Å². The lowest BCUT2D eigenvalue weighted by Gasteiger charge is -2.15. The SMILES string of the molecule is CCCCC(=O)Nc1cc(NC(=O)OC)ccc1-c1cc([C@H](O)c2ccc(Cl)cn2)ccn1. The van der Waals surface area contributed by atoms with E-state index in [9.17, 15) is 14.7 Å². The number of aromatic nitrogens is 2. The Kier molecular flexibility index (Phi) is 8.34. The standard InChI is InChI=1S/C24H25ClN4O4/c1-3-4-5-22(30)29-21-13-17(28-24(32)33-2)7-8-18(21)20-12-15(10-11-26-20)23(31)19-9-6-16(25)14-27-19/h6-14,23,31H,3-5H2,1-2H3,(H,28,32)(H,29,30)/t23-/m0/s1. The first-order valence-electron chi connectivity index (χ1n) is 10.5. The fourth-order valence-electron chi connectivity index (χ4n) is 3.15. The van der Waals surface area contributed by atoms with Crippen LogP contribution in [0.3, 0.4) is 0 Å². The average molecular weight is 469 g/mol. The highest BCUT2D eigenvalue weighted by atomic mass is 35.5. The first-order chi connectivity index (χ1) is 15.9. The summed E-state index contributed by atoms with van der Waals surface area (Å²) in [5.74, 6) is -0.144. The molecule has 2 heterocycles. The molecule has 1 aromatic carbocycles. The highest BCUT2D eigenvalue weighted by Gasteiger charge is 2.16. The molecule has 0 saturated heterocycles. The molecule has 1 atom stereocenters. The summed E-state index contributed by atoms with van der Waals surface area (Å²) in [7, 11) is 1.27. The van der Waals surface area contributed by atoms with Crippen molar-refractivity contribution in [2.45, 2.75) is 32.3 Å². The molecule has 2 aromatic heterocycles. The molecule has 3 N–H and O–H groups in total. The molecule has 9 heteroatoms. The maximum Gasteiger partial charge on any atom is 0.411 e. The van der Waals surface area contributed by atoms with Crippen molar-refractivity contribution in [2.24, 2.45) is 0 Å². The monoisotopic (exact) mass is 468 g/mol. The van der Waals surface area contributed by atoms with Crippen LogP contribution in [-0.4, -0.2) is 34.2 Å². The van der Waals surface area contributed by atoms with E-state index in [0.29, 0.717) is 45.3 Å². The summed E-state index contributed by atoms with van der Waals surface area (Å²) in [5, 5.41) is 16.7. The number of unbranched alkanes of at least 4 members (excludes halogenated alkanes) is 1. The molecule has 0 aliphatic heterocycles. The third kappa shape index (κ3) is 6.50. The lowest BCUT2D eigenvalue weighted by atomic mass is 10.0. The van der Waals surface area contributed by atoms with Gasteiger partial charge in [-0.2, -0.15) is 0 Å². The van der Waals surface area contributed by atoms with Crippen LogP contribution < -0.4 is 10.6 Å². The Hall–Kier alpha value is -3.49. The van der Waals surface area contributed by atoms with Gasteiger partial charge in [-0.05, 0) is 54.4 Å². The number of rotatable bonds is 8. The molecule has 0 aliphatic rings. The summed E-state index contributed by atoms with van der Waals surface area (Å²) in [6.45, 7) is 2.01. The summed E-state index contributed by atoms with van der Waals surface area (Å²) >= 11 is 5.89. The number of nitrogens with one attached hydrogen (secondary N) is 2. The second kappa shape index (κ2) is 11.4. The minimum absolute atomic E-state index is 0.144. The van der Waals surface area contributed by atoms with Crippen LogP contribution in [0.1, 0.15) is 43.5 Å². The van der Waals surface area contributed by atoms with Crippen molar-refractivity contribution in [1.82, 2.24) is 9.97 Å². The second-order valence-corrected chi connectivity index (χ2v) is 7.74. The van der Waals surface area contributed by atoms with E-state index in [1.54, 1.807) is 48.7 Å². The molecule has 3 rings (SSSR count). The van der Waals surface area contributed by atoms with E-state index in [1.807, 2.05) is 6.92 Å². The Balaban J connectivity index is 1.96. The van der Waals surface area contributed by atoms with Gasteiger partial charge in [0.2, 0.25) is 5.91 Å². The second-order valence-electron chi connectivity index (χ2n) is 7.31. The van der Waals surface area contributed by atoms with Gasteiger partial charge in [0.05, 0.1) is 29.2 Å². The molecule has 0 saturated carbocycles. The summed E-state index contributed by atoms with van der Waals surface area (Å²) in [6, 6.07) is 11.8. The molecule has 2 amide bonds. The zero-order valence-corrected chi connectivity index (χ0v) is 19.1. The number of methoxy groups -OCH3 is 1. The molecule has 0 fully saturated rings. The van der Waals surface area contributed by atoms with Gasteiger partial charge >= 0.3 is 6.09 Å². The Labute approximate surface area is 197 Å². The van der Waals surface area contributed by atoms with Gasteiger partial charge in [0.1, 0.15) is 6.10 Å². The number of carbonyl (C=O) groups excluding carboxylic acids is 2. The fraction of sp³-hybridized carbons (Fsp3) is 0.250. The summed E-state index contributed by atoms with van der Waals surface area (Å²) in [6.07, 6.45) is 3.47. The van der Waals surface area contributed by atoms with E-state index in [-0.39, 0.29) is 5.91 Å². The lowest BCUT2D eigenvalue weighted by molar-refractivity contribution is -0.116. The normalized spacial score (nSPS) is 11.5. The van der Waals surface area contributed by atoms with E-state index in [0.717, 1.165) is 12.8 Å². The van der Waals surface area contributed by atoms with Crippen molar-refractivity contribution in [3.8, 4) is 11.3 Å². The maximum atomic E-state index is 12.4. The van der Waals surface area contributed by atoms with Gasteiger partial charge in [0.15, 0.2) is 0 Å². The van der Waals surface area contributed by atoms with Gasteiger partial charge in [0, 0.05) is 30.1 Å². The van der Waals surface area contributed by atoms with E-state index in [4.69, 9.17) is 11.6 Å². The molecular weight excluding hydrogens is 444 g/mol. The van der Waals surface area contributed by atoms with Gasteiger partial charge < -0.3 is 15.2 Å². The molecule has 8 nitrogen and oxygen atoms in total. The topological polar surface area (TPSA) is 113 Å². The molecule has 172 valence electrons. The van der Waals surface area contributed by atoms with Crippen LogP contribution in [0.2, 0.25) is 5.02 Å². The summed E-state index contributed by atoms with van der Waals surface area (Å²) in [5.41, 5.74) is 3.13. The third-order valence-corrected chi connectivity index (χ3v) is 5.11. The molecule has 0 radical (unpaired) electrons. The molecule has 0 bridgehead atoms. The molecule has 0 aliphatic carbocycles. The predicted molar refractivity (Wildman–Crippen MR) is 127 cm³/mol. The highest BCUT2D eigenvalue weighted by molar-refractivity contribution is 6.30. The number of aliphatic hydroxyl groups is 1. The number of anilines is 2. The van der Waals surface area contributed by atoms with Gasteiger partial charge in [-0.25, -0.2) is 4.79 Å². The van der Waals surface area contributed by atoms with E-state index in [2.05, 4.69) is 25.3 Å². The van der Waals surface area contributed by atoms with Crippen LogP contribution in [0.15, 0.2) is 54.9 Å². The van der Waals surface area contributed by atoms with Gasteiger partial charge in [0.25, 0.3) is 0 Å². The van der Waals surface area contributed by atoms with Gasteiger partial charge in [-0.3, -0.25) is 20.1 Å². The maximum absolute atomic E-state index is 12.4. The van der Waals surface area contributed by atoms with E-state index < -0.39 is 12.2 Å². The number of aliphatic hydroxyl groups excluding tert-OH is 1. The summed E-state index contributed by atoms with van der Waals surface area (Å²) in [4.78, 5) is 32.6. The van der Waals surface area contributed by atoms with Crippen molar-refractivity contribution in [2.75, 3.05) is 17.7 Å². The number of nitrogens with zero attached hydrogens (tertiary/aromatic N) is 2. The smallest absolute Gasteiger partial charge is 0.411 e.